The molecule has 5 nitrogen and oxygen atoms in total. The van der Waals surface area contributed by atoms with Crippen LogP contribution in [0.4, 0.5) is 5.69 Å². The quantitative estimate of drug-likeness (QED) is 0.753. The van der Waals surface area contributed by atoms with Crippen molar-refractivity contribution in [3.05, 3.63) is 58.7 Å². The Morgan fingerprint density at radius 1 is 1.29 bits per heavy atom. The molecule has 0 saturated heterocycles. The Morgan fingerprint density at radius 3 is 2.76 bits per heavy atom. The molecule has 0 aliphatic rings. The van der Waals surface area contributed by atoms with Gasteiger partial charge in [-0.15, -0.1) is 0 Å². The first-order valence-corrected chi connectivity index (χ1v) is 7.10. The minimum absolute atomic E-state index is 0.243. The number of aromatic nitrogens is 2. The molecule has 21 heavy (non-hydrogen) atoms. The van der Waals surface area contributed by atoms with Gasteiger partial charge in [0, 0.05) is 17.5 Å². The zero-order valence-corrected chi connectivity index (χ0v) is 12.8. The molecule has 106 valence electrons. The molecule has 3 aromatic rings. The lowest BCUT2D eigenvalue weighted by Crippen LogP contribution is -2.11. The Balaban J connectivity index is 1.91. The summed E-state index contributed by atoms with van der Waals surface area (Å²) in [7, 11) is 0. The highest BCUT2D eigenvalue weighted by molar-refractivity contribution is 9.10. The zero-order valence-electron chi connectivity index (χ0n) is 11.2. The average Bonchev–Trinajstić information content (AvgIpc) is 3.08. The molecule has 0 fully saturated rings. The van der Waals surface area contributed by atoms with Gasteiger partial charge in [0.2, 0.25) is 0 Å². The van der Waals surface area contributed by atoms with E-state index in [4.69, 9.17) is 4.42 Å². The predicted molar refractivity (Wildman–Crippen MR) is 83.1 cm³/mol. The summed E-state index contributed by atoms with van der Waals surface area (Å²) in [5.74, 6) is 0.646. The highest BCUT2D eigenvalue weighted by atomic mass is 79.9. The van der Waals surface area contributed by atoms with Gasteiger partial charge in [-0.25, -0.2) is 4.98 Å². The molecule has 0 radical (unpaired) electrons. The number of nitrogens with zero attached hydrogens (tertiary/aromatic N) is 1. The standard InChI is InChI=1S/C15H12BrN3O2/c1-9-8-17-14(18-9)10-4-2-3-5-11(10)19-15(20)12-6-7-13(16)21-12/h2-8H,1H3,(H,17,18)(H,19,20). The molecule has 0 aliphatic carbocycles. The Labute approximate surface area is 129 Å². The molecular weight excluding hydrogens is 334 g/mol. The third-order valence-electron chi connectivity index (χ3n) is 2.93. The predicted octanol–water partition coefficient (Wildman–Crippen LogP) is 3.99. The highest BCUT2D eigenvalue weighted by Crippen LogP contribution is 2.26. The lowest BCUT2D eigenvalue weighted by atomic mass is 10.1. The summed E-state index contributed by atoms with van der Waals surface area (Å²) in [6.45, 7) is 1.93. The number of anilines is 1. The molecule has 6 heteroatoms. The monoisotopic (exact) mass is 345 g/mol. The van der Waals surface area contributed by atoms with Crippen molar-refractivity contribution in [1.82, 2.24) is 9.97 Å². The average molecular weight is 346 g/mol. The number of nitrogens with one attached hydrogen (secondary N) is 2. The zero-order chi connectivity index (χ0) is 14.8. The van der Waals surface area contributed by atoms with Gasteiger partial charge >= 0.3 is 0 Å². The number of amides is 1. The van der Waals surface area contributed by atoms with Crippen molar-refractivity contribution < 1.29 is 9.21 Å². The second-order valence-electron chi connectivity index (χ2n) is 4.52. The number of carbonyl (C=O) groups is 1. The number of aryl methyl sites for hydroxylation is 1. The van der Waals surface area contributed by atoms with E-state index in [1.54, 1.807) is 18.3 Å². The molecule has 0 atom stereocenters. The van der Waals surface area contributed by atoms with Crippen molar-refractivity contribution in [1.29, 1.82) is 0 Å². The van der Waals surface area contributed by atoms with Crippen molar-refractivity contribution in [3.8, 4) is 11.4 Å². The maximum absolute atomic E-state index is 12.2. The normalized spacial score (nSPS) is 10.6. The minimum Gasteiger partial charge on any atom is -0.444 e. The van der Waals surface area contributed by atoms with Crippen LogP contribution in [-0.4, -0.2) is 15.9 Å². The van der Waals surface area contributed by atoms with Crippen LogP contribution in [0.25, 0.3) is 11.4 Å². The largest absolute Gasteiger partial charge is 0.444 e. The van der Waals surface area contributed by atoms with Gasteiger partial charge in [-0.05, 0) is 47.1 Å². The molecule has 0 spiro atoms. The maximum atomic E-state index is 12.2. The van der Waals surface area contributed by atoms with Crippen LogP contribution in [0.2, 0.25) is 0 Å². The number of benzene rings is 1. The molecule has 1 amide bonds. The molecule has 0 bridgehead atoms. The van der Waals surface area contributed by atoms with Gasteiger partial charge in [-0.1, -0.05) is 12.1 Å². The van der Waals surface area contributed by atoms with Gasteiger partial charge in [-0.2, -0.15) is 0 Å². The van der Waals surface area contributed by atoms with Gasteiger partial charge in [0.25, 0.3) is 5.91 Å². The Morgan fingerprint density at radius 2 is 2.10 bits per heavy atom. The van der Waals surface area contributed by atoms with Crippen LogP contribution in [0.1, 0.15) is 16.2 Å². The number of rotatable bonds is 3. The van der Waals surface area contributed by atoms with E-state index in [0.717, 1.165) is 11.3 Å². The third-order valence-corrected chi connectivity index (χ3v) is 3.36. The number of furan rings is 1. The molecule has 2 N–H and O–H groups in total. The Bertz CT molecular complexity index is 792. The molecule has 0 saturated carbocycles. The van der Waals surface area contributed by atoms with Gasteiger partial charge in [-0.3, -0.25) is 4.79 Å². The number of hydrogen-bond donors (Lipinski definition) is 2. The minimum atomic E-state index is -0.309. The summed E-state index contributed by atoms with van der Waals surface area (Å²) in [5.41, 5.74) is 2.45. The topological polar surface area (TPSA) is 70.9 Å². The molecule has 0 unspecified atom stereocenters. The molecular formula is C15H12BrN3O2. The van der Waals surface area contributed by atoms with Crippen LogP contribution in [0.5, 0.6) is 0 Å². The van der Waals surface area contributed by atoms with Gasteiger partial charge in [0.1, 0.15) is 5.82 Å². The van der Waals surface area contributed by atoms with Crippen LogP contribution < -0.4 is 5.32 Å². The summed E-state index contributed by atoms with van der Waals surface area (Å²) in [6.07, 6.45) is 1.75. The van der Waals surface area contributed by atoms with E-state index in [0.29, 0.717) is 16.2 Å². The summed E-state index contributed by atoms with van der Waals surface area (Å²) < 4.78 is 5.76. The first-order chi connectivity index (χ1) is 10.1. The summed E-state index contributed by atoms with van der Waals surface area (Å²) in [4.78, 5) is 19.6. The van der Waals surface area contributed by atoms with Gasteiger partial charge < -0.3 is 14.7 Å². The Hall–Kier alpha value is -2.34. The van der Waals surface area contributed by atoms with E-state index in [1.807, 2.05) is 31.2 Å². The van der Waals surface area contributed by atoms with Gasteiger partial charge in [0.05, 0.1) is 5.69 Å². The van der Waals surface area contributed by atoms with E-state index >= 15 is 0 Å². The molecule has 2 heterocycles. The number of hydrogen-bond acceptors (Lipinski definition) is 3. The molecule has 0 aliphatic heterocycles. The molecule has 2 aromatic heterocycles. The second-order valence-corrected chi connectivity index (χ2v) is 5.30. The number of para-hydroxylation sites is 1. The lowest BCUT2D eigenvalue weighted by Gasteiger charge is -2.08. The van der Waals surface area contributed by atoms with Crippen molar-refractivity contribution >= 4 is 27.5 Å². The number of carbonyl (C=O) groups excluding carboxylic acids is 1. The first-order valence-electron chi connectivity index (χ1n) is 6.31. The fourth-order valence-electron chi connectivity index (χ4n) is 1.97. The number of H-pyrrole nitrogens is 1. The van der Waals surface area contributed by atoms with E-state index < -0.39 is 0 Å². The fourth-order valence-corrected chi connectivity index (χ4v) is 2.27. The van der Waals surface area contributed by atoms with Crippen LogP contribution in [0.15, 0.2) is 51.7 Å². The third kappa shape index (κ3) is 2.90. The maximum Gasteiger partial charge on any atom is 0.291 e. The second kappa shape index (κ2) is 5.57. The fraction of sp³-hybridized carbons (Fsp3) is 0.0667. The number of halogens is 1. The van der Waals surface area contributed by atoms with E-state index in [1.165, 1.54) is 0 Å². The van der Waals surface area contributed by atoms with E-state index in [2.05, 4.69) is 31.2 Å². The van der Waals surface area contributed by atoms with Crippen LogP contribution >= 0.6 is 15.9 Å². The van der Waals surface area contributed by atoms with Crippen LogP contribution in [0, 0.1) is 6.92 Å². The summed E-state index contributed by atoms with van der Waals surface area (Å²) in [5, 5.41) is 2.83. The van der Waals surface area contributed by atoms with E-state index in [-0.39, 0.29) is 11.7 Å². The first kappa shape index (κ1) is 13.6. The van der Waals surface area contributed by atoms with Gasteiger partial charge in [0.15, 0.2) is 10.4 Å². The Kier molecular flexibility index (Phi) is 3.62. The summed E-state index contributed by atoms with van der Waals surface area (Å²) in [6, 6.07) is 10.8. The van der Waals surface area contributed by atoms with Crippen molar-refractivity contribution in [3.63, 3.8) is 0 Å². The highest BCUT2D eigenvalue weighted by Gasteiger charge is 2.14. The number of imidazole rings is 1. The lowest BCUT2D eigenvalue weighted by molar-refractivity contribution is 0.0995. The van der Waals surface area contributed by atoms with Crippen LogP contribution in [0.3, 0.4) is 0 Å². The van der Waals surface area contributed by atoms with Crippen molar-refractivity contribution in [2.75, 3.05) is 5.32 Å². The molecule has 3 rings (SSSR count). The smallest absolute Gasteiger partial charge is 0.291 e. The summed E-state index contributed by atoms with van der Waals surface area (Å²) >= 11 is 3.18. The van der Waals surface area contributed by atoms with Crippen molar-refractivity contribution in [2.45, 2.75) is 6.92 Å². The van der Waals surface area contributed by atoms with Crippen molar-refractivity contribution in [2.24, 2.45) is 0 Å². The number of aromatic amines is 1. The molecule has 1 aromatic carbocycles. The van der Waals surface area contributed by atoms with Crippen LogP contribution in [-0.2, 0) is 0 Å². The van der Waals surface area contributed by atoms with E-state index in [9.17, 15) is 4.79 Å². The SMILES string of the molecule is Cc1cnc(-c2ccccc2NC(=O)c2ccc(Br)o2)[nH]1.